The number of nitrogens with one attached hydrogen (secondary N) is 2. The SMILES string of the molecule is CCNC(=NCc1ccc(C(N)=O)o1)NC1CCOc2ccccc21.I. The molecule has 1 aromatic heterocycles. The van der Waals surface area contributed by atoms with Crippen LogP contribution in [0.4, 0.5) is 0 Å². The molecule has 1 aliphatic heterocycles. The molecule has 1 amide bonds. The van der Waals surface area contributed by atoms with Gasteiger partial charge in [-0.05, 0) is 25.1 Å². The van der Waals surface area contributed by atoms with E-state index in [1.165, 1.54) is 0 Å². The average molecular weight is 470 g/mol. The summed E-state index contributed by atoms with van der Waals surface area (Å²) < 4.78 is 11.1. The molecule has 26 heavy (non-hydrogen) atoms. The molecule has 1 aromatic carbocycles. The minimum atomic E-state index is -0.584. The Morgan fingerprint density at radius 2 is 2.12 bits per heavy atom. The highest BCUT2D eigenvalue weighted by atomic mass is 127. The highest BCUT2D eigenvalue weighted by molar-refractivity contribution is 14.0. The Hall–Kier alpha value is -2.23. The number of hydrogen-bond acceptors (Lipinski definition) is 4. The summed E-state index contributed by atoms with van der Waals surface area (Å²) in [7, 11) is 0. The van der Waals surface area contributed by atoms with Gasteiger partial charge in [0.05, 0.1) is 12.6 Å². The van der Waals surface area contributed by atoms with E-state index in [1.54, 1.807) is 12.1 Å². The number of rotatable bonds is 5. The summed E-state index contributed by atoms with van der Waals surface area (Å²) in [6, 6.07) is 11.4. The van der Waals surface area contributed by atoms with E-state index in [4.69, 9.17) is 14.9 Å². The maximum absolute atomic E-state index is 11.1. The Morgan fingerprint density at radius 3 is 2.85 bits per heavy atom. The first-order chi connectivity index (χ1) is 12.2. The summed E-state index contributed by atoms with van der Waals surface area (Å²) in [5.74, 6) is 1.72. The van der Waals surface area contributed by atoms with Crippen molar-refractivity contribution in [2.24, 2.45) is 10.7 Å². The fourth-order valence-corrected chi connectivity index (χ4v) is 2.73. The average Bonchev–Trinajstić information content (AvgIpc) is 3.09. The van der Waals surface area contributed by atoms with Gasteiger partial charge >= 0.3 is 0 Å². The number of hydrogen-bond donors (Lipinski definition) is 3. The molecule has 1 atom stereocenters. The fourth-order valence-electron chi connectivity index (χ4n) is 2.73. The van der Waals surface area contributed by atoms with Crippen LogP contribution in [0.25, 0.3) is 0 Å². The Kier molecular flexibility index (Phi) is 7.31. The number of nitrogens with two attached hydrogens (primary N) is 1. The molecule has 0 fully saturated rings. The lowest BCUT2D eigenvalue weighted by Gasteiger charge is -2.28. The van der Waals surface area contributed by atoms with Crippen LogP contribution in [0.15, 0.2) is 45.8 Å². The van der Waals surface area contributed by atoms with Gasteiger partial charge in [-0.2, -0.15) is 0 Å². The first-order valence-electron chi connectivity index (χ1n) is 8.32. The Balaban J connectivity index is 0.00000243. The summed E-state index contributed by atoms with van der Waals surface area (Å²) in [5, 5.41) is 6.66. The van der Waals surface area contributed by atoms with Crippen LogP contribution in [0.3, 0.4) is 0 Å². The van der Waals surface area contributed by atoms with Gasteiger partial charge in [-0.15, -0.1) is 24.0 Å². The largest absolute Gasteiger partial charge is 0.493 e. The minimum Gasteiger partial charge on any atom is -0.493 e. The molecule has 2 heterocycles. The molecule has 140 valence electrons. The number of fused-ring (bicyclic) bond motifs is 1. The lowest BCUT2D eigenvalue weighted by atomic mass is 10.0. The van der Waals surface area contributed by atoms with Crippen molar-refractivity contribution < 1.29 is 13.9 Å². The molecular weight excluding hydrogens is 447 g/mol. The maximum Gasteiger partial charge on any atom is 0.284 e. The number of aliphatic imine (C=N–C) groups is 1. The van der Waals surface area contributed by atoms with Gasteiger partial charge in [-0.1, -0.05) is 18.2 Å². The van der Waals surface area contributed by atoms with Crippen LogP contribution in [0.2, 0.25) is 0 Å². The van der Waals surface area contributed by atoms with Gasteiger partial charge in [0.15, 0.2) is 11.7 Å². The summed E-state index contributed by atoms with van der Waals surface area (Å²) in [6.45, 7) is 3.72. The van der Waals surface area contributed by atoms with Gasteiger partial charge in [0, 0.05) is 18.5 Å². The lowest BCUT2D eigenvalue weighted by Crippen LogP contribution is -2.41. The lowest BCUT2D eigenvalue weighted by molar-refractivity contribution is 0.0972. The monoisotopic (exact) mass is 470 g/mol. The van der Waals surface area contributed by atoms with Crippen LogP contribution in [0, 0.1) is 0 Å². The number of amides is 1. The third-order valence-electron chi connectivity index (χ3n) is 3.91. The molecule has 1 aliphatic rings. The highest BCUT2D eigenvalue weighted by Gasteiger charge is 2.21. The maximum atomic E-state index is 11.1. The van der Waals surface area contributed by atoms with Crippen molar-refractivity contribution in [2.45, 2.75) is 25.9 Å². The van der Waals surface area contributed by atoms with Crippen LogP contribution >= 0.6 is 24.0 Å². The van der Waals surface area contributed by atoms with E-state index in [2.05, 4.69) is 21.7 Å². The van der Waals surface area contributed by atoms with Crippen molar-refractivity contribution in [1.29, 1.82) is 0 Å². The molecule has 7 nitrogen and oxygen atoms in total. The molecule has 0 bridgehead atoms. The molecule has 0 radical (unpaired) electrons. The normalized spacial score (nSPS) is 16.0. The van der Waals surface area contributed by atoms with Crippen molar-refractivity contribution >= 4 is 35.8 Å². The van der Waals surface area contributed by atoms with Crippen molar-refractivity contribution in [1.82, 2.24) is 10.6 Å². The Labute approximate surface area is 169 Å². The van der Waals surface area contributed by atoms with E-state index in [9.17, 15) is 4.79 Å². The van der Waals surface area contributed by atoms with E-state index in [-0.39, 0.29) is 35.8 Å². The molecule has 0 saturated carbocycles. The molecule has 0 spiro atoms. The smallest absolute Gasteiger partial charge is 0.284 e. The van der Waals surface area contributed by atoms with Crippen molar-refractivity contribution in [3.63, 3.8) is 0 Å². The third-order valence-corrected chi connectivity index (χ3v) is 3.91. The van der Waals surface area contributed by atoms with Gasteiger partial charge in [0.1, 0.15) is 18.1 Å². The standard InChI is InChI=1S/C18H22N4O3.HI/c1-2-20-18(21-11-12-7-8-16(25-12)17(19)23)22-14-9-10-24-15-6-4-3-5-13(14)15;/h3-8,14H,2,9-11H2,1H3,(H2,19,23)(H2,20,21,22);1H. The zero-order valence-corrected chi connectivity index (χ0v) is 16.9. The second-order valence-electron chi connectivity index (χ2n) is 5.70. The molecule has 3 rings (SSSR count). The minimum absolute atomic E-state index is 0. The second-order valence-corrected chi connectivity index (χ2v) is 5.70. The number of halogens is 1. The number of carbonyl (C=O) groups is 1. The van der Waals surface area contributed by atoms with Gasteiger partial charge in [-0.3, -0.25) is 4.79 Å². The van der Waals surface area contributed by atoms with Crippen LogP contribution in [-0.4, -0.2) is 25.0 Å². The number of primary amides is 1. The zero-order valence-electron chi connectivity index (χ0n) is 14.5. The van der Waals surface area contributed by atoms with Gasteiger partial charge < -0.3 is 25.5 Å². The predicted octanol–water partition coefficient (Wildman–Crippen LogP) is 2.58. The number of furan rings is 1. The van der Waals surface area contributed by atoms with Crippen LogP contribution in [0.5, 0.6) is 5.75 Å². The number of ether oxygens (including phenoxy) is 1. The Bertz CT molecular complexity index is 775. The molecule has 1 unspecified atom stereocenters. The Morgan fingerprint density at radius 1 is 1.31 bits per heavy atom. The summed E-state index contributed by atoms with van der Waals surface area (Å²) >= 11 is 0. The van der Waals surface area contributed by atoms with Crippen LogP contribution in [-0.2, 0) is 6.54 Å². The fraction of sp³-hybridized carbons (Fsp3) is 0.333. The van der Waals surface area contributed by atoms with E-state index >= 15 is 0 Å². The molecule has 2 aromatic rings. The first-order valence-corrected chi connectivity index (χ1v) is 8.32. The predicted molar refractivity (Wildman–Crippen MR) is 110 cm³/mol. The van der Waals surface area contributed by atoms with Crippen LogP contribution < -0.4 is 21.1 Å². The molecule has 8 heteroatoms. The number of carbonyl (C=O) groups excluding carboxylic acids is 1. The van der Waals surface area contributed by atoms with Crippen molar-refractivity contribution in [3.8, 4) is 5.75 Å². The molecule has 0 aliphatic carbocycles. The van der Waals surface area contributed by atoms with Crippen molar-refractivity contribution in [3.05, 3.63) is 53.5 Å². The van der Waals surface area contributed by atoms with Crippen molar-refractivity contribution in [2.75, 3.05) is 13.2 Å². The topological polar surface area (TPSA) is 102 Å². The molecular formula is C18H23IN4O3. The number of para-hydroxylation sites is 1. The zero-order chi connectivity index (χ0) is 17.6. The summed E-state index contributed by atoms with van der Waals surface area (Å²) in [6.07, 6.45) is 0.855. The molecule has 4 N–H and O–H groups in total. The van der Waals surface area contributed by atoms with E-state index in [0.717, 1.165) is 24.3 Å². The number of guanidine groups is 1. The highest BCUT2D eigenvalue weighted by Crippen LogP contribution is 2.31. The van der Waals surface area contributed by atoms with Crippen LogP contribution in [0.1, 0.15) is 41.3 Å². The summed E-state index contributed by atoms with van der Waals surface area (Å²) in [5.41, 5.74) is 6.31. The third kappa shape index (κ3) is 4.90. The second kappa shape index (κ2) is 9.46. The summed E-state index contributed by atoms with van der Waals surface area (Å²) in [4.78, 5) is 15.6. The van der Waals surface area contributed by atoms with E-state index < -0.39 is 5.91 Å². The molecule has 0 saturated heterocycles. The van der Waals surface area contributed by atoms with E-state index in [1.807, 2.05) is 25.1 Å². The number of benzene rings is 1. The van der Waals surface area contributed by atoms with Gasteiger partial charge in [0.2, 0.25) is 0 Å². The van der Waals surface area contributed by atoms with Gasteiger partial charge in [0.25, 0.3) is 5.91 Å². The van der Waals surface area contributed by atoms with Gasteiger partial charge in [-0.25, -0.2) is 4.99 Å². The first kappa shape index (κ1) is 20.1. The number of nitrogens with zero attached hydrogens (tertiary/aromatic N) is 1. The quantitative estimate of drug-likeness (QED) is 0.354. The van der Waals surface area contributed by atoms with E-state index in [0.29, 0.717) is 24.9 Å².